The van der Waals surface area contributed by atoms with Crippen LogP contribution in [0.15, 0.2) is 29.2 Å². The maximum Gasteiger partial charge on any atom is 0.288 e. The van der Waals surface area contributed by atoms with Crippen molar-refractivity contribution in [2.45, 2.75) is 49.3 Å². The Morgan fingerprint density at radius 1 is 1.28 bits per heavy atom. The molecule has 0 spiro atoms. The number of halogens is 2. The van der Waals surface area contributed by atoms with Gasteiger partial charge in [0.05, 0.1) is 0 Å². The summed E-state index contributed by atoms with van der Waals surface area (Å²) in [7, 11) is 0. The number of alkyl halides is 2. The maximum atomic E-state index is 12.2. The number of hydrogen-bond donors (Lipinski definition) is 1. The minimum Gasteiger partial charge on any atom is -0.382 e. The normalized spacial score (nSPS) is 23.6. The van der Waals surface area contributed by atoms with Crippen molar-refractivity contribution in [1.82, 2.24) is 0 Å². The first-order valence-electron chi connectivity index (χ1n) is 6.50. The van der Waals surface area contributed by atoms with Gasteiger partial charge in [-0.15, -0.1) is 0 Å². The van der Waals surface area contributed by atoms with Crippen molar-refractivity contribution in [2.75, 3.05) is 5.32 Å². The molecule has 2 unspecified atom stereocenters. The largest absolute Gasteiger partial charge is 0.382 e. The van der Waals surface area contributed by atoms with E-state index < -0.39 is 5.76 Å². The van der Waals surface area contributed by atoms with Gasteiger partial charge in [-0.3, -0.25) is 0 Å². The van der Waals surface area contributed by atoms with Gasteiger partial charge in [0.1, 0.15) is 0 Å². The number of anilines is 1. The van der Waals surface area contributed by atoms with Crippen LogP contribution in [0.2, 0.25) is 0 Å². The standard InChI is InChI=1S/C14H19F2NS/c1-2-10-4-3-5-13(10)17-11-6-8-12(9-7-11)18-14(15)16/h6-10,13-14,17H,2-5H2,1H3. The molecule has 18 heavy (non-hydrogen) atoms. The molecule has 100 valence electrons. The van der Waals surface area contributed by atoms with Gasteiger partial charge in [0, 0.05) is 16.6 Å². The lowest BCUT2D eigenvalue weighted by molar-refractivity contribution is 0.252. The first-order valence-corrected chi connectivity index (χ1v) is 7.38. The van der Waals surface area contributed by atoms with Crippen LogP contribution in [0.1, 0.15) is 32.6 Å². The Kier molecular flexibility index (Phi) is 4.87. The molecule has 1 aliphatic rings. The fraction of sp³-hybridized carbons (Fsp3) is 0.571. The number of benzene rings is 1. The zero-order valence-electron chi connectivity index (χ0n) is 10.5. The molecule has 0 bridgehead atoms. The van der Waals surface area contributed by atoms with Crippen molar-refractivity contribution >= 4 is 17.4 Å². The molecule has 0 radical (unpaired) electrons. The van der Waals surface area contributed by atoms with Crippen LogP contribution in [-0.4, -0.2) is 11.8 Å². The van der Waals surface area contributed by atoms with Crippen molar-refractivity contribution in [3.63, 3.8) is 0 Å². The Bertz CT molecular complexity index is 367. The lowest BCUT2D eigenvalue weighted by Gasteiger charge is -2.21. The van der Waals surface area contributed by atoms with Gasteiger partial charge in [0.2, 0.25) is 0 Å². The highest BCUT2D eigenvalue weighted by Crippen LogP contribution is 2.31. The van der Waals surface area contributed by atoms with Crippen molar-refractivity contribution in [2.24, 2.45) is 5.92 Å². The molecule has 2 rings (SSSR count). The molecule has 1 saturated carbocycles. The molecule has 1 fully saturated rings. The summed E-state index contributed by atoms with van der Waals surface area (Å²) in [5.74, 6) is -1.59. The van der Waals surface area contributed by atoms with E-state index in [1.54, 1.807) is 12.1 Å². The van der Waals surface area contributed by atoms with Crippen LogP contribution in [-0.2, 0) is 0 Å². The minimum absolute atomic E-state index is 0.545. The van der Waals surface area contributed by atoms with E-state index in [0.717, 1.165) is 11.6 Å². The number of thioether (sulfide) groups is 1. The fourth-order valence-electron chi connectivity index (χ4n) is 2.66. The molecule has 0 amide bonds. The Labute approximate surface area is 111 Å². The summed E-state index contributed by atoms with van der Waals surface area (Å²) < 4.78 is 24.4. The van der Waals surface area contributed by atoms with Crippen molar-refractivity contribution in [3.05, 3.63) is 24.3 Å². The maximum absolute atomic E-state index is 12.2. The van der Waals surface area contributed by atoms with E-state index in [9.17, 15) is 8.78 Å². The minimum atomic E-state index is -2.34. The SMILES string of the molecule is CCC1CCCC1Nc1ccc(SC(F)F)cc1. The summed E-state index contributed by atoms with van der Waals surface area (Å²) in [5.41, 5.74) is 1.04. The fourth-order valence-corrected chi connectivity index (χ4v) is 3.16. The number of rotatable bonds is 5. The Balaban J connectivity index is 1.93. The first-order chi connectivity index (χ1) is 8.69. The summed E-state index contributed by atoms with van der Waals surface area (Å²) in [6.45, 7) is 2.23. The third-order valence-corrected chi connectivity index (χ3v) is 4.34. The van der Waals surface area contributed by atoms with E-state index >= 15 is 0 Å². The van der Waals surface area contributed by atoms with Crippen molar-refractivity contribution < 1.29 is 8.78 Å². The van der Waals surface area contributed by atoms with E-state index in [-0.39, 0.29) is 0 Å². The number of nitrogens with one attached hydrogen (secondary N) is 1. The second-order valence-corrected chi connectivity index (χ2v) is 5.82. The lowest BCUT2D eigenvalue weighted by atomic mass is 10.0. The van der Waals surface area contributed by atoms with E-state index in [0.29, 0.717) is 22.7 Å². The number of hydrogen-bond acceptors (Lipinski definition) is 2. The predicted octanol–water partition coefficient (Wildman–Crippen LogP) is 4.99. The molecular weight excluding hydrogens is 252 g/mol. The smallest absolute Gasteiger partial charge is 0.288 e. The molecule has 0 aliphatic heterocycles. The second-order valence-electron chi connectivity index (χ2n) is 4.75. The third-order valence-electron chi connectivity index (χ3n) is 3.62. The summed E-state index contributed by atoms with van der Waals surface area (Å²) in [4.78, 5) is 0.619. The quantitative estimate of drug-likeness (QED) is 0.757. The van der Waals surface area contributed by atoms with E-state index in [1.807, 2.05) is 12.1 Å². The van der Waals surface area contributed by atoms with E-state index in [2.05, 4.69) is 12.2 Å². The predicted molar refractivity (Wildman–Crippen MR) is 73.3 cm³/mol. The van der Waals surface area contributed by atoms with Gasteiger partial charge in [0.15, 0.2) is 0 Å². The molecule has 4 heteroatoms. The molecule has 0 heterocycles. The van der Waals surface area contributed by atoms with Crippen LogP contribution in [0.25, 0.3) is 0 Å². The zero-order chi connectivity index (χ0) is 13.0. The van der Waals surface area contributed by atoms with Gasteiger partial charge in [-0.2, -0.15) is 8.78 Å². The molecule has 1 nitrogen and oxygen atoms in total. The highest BCUT2D eigenvalue weighted by atomic mass is 32.2. The van der Waals surface area contributed by atoms with Crippen LogP contribution in [0.5, 0.6) is 0 Å². The van der Waals surface area contributed by atoms with Crippen LogP contribution in [0.4, 0.5) is 14.5 Å². The summed E-state index contributed by atoms with van der Waals surface area (Å²) in [6, 6.07) is 7.86. The van der Waals surface area contributed by atoms with Gasteiger partial charge in [-0.1, -0.05) is 31.5 Å². The second kappa shape index (κ2) is 6.41. The Morgan fingerprint density at radius 3 is 2.61 bits per heavy atom. The molecule has 1 aromatic carbocycles. The van der Waals surface area contributed by atoms with E-state index in [1.165, 1.54) is 25.7 Å². The van der Waals surface area contributed by atoms with Gasteiger partial charge < -0.3 is 5.32 Å². The van der Waals surface area contributed by atoms with Crippen LogP contribution >= 0.6 is 11.8 Å². The van der Waals surface area contributed by atoms with Gasteiger partial charge in [-0.05, 0) is 43.0 Å². The first kappa shape index (κ1) is 13.7. The average Bonchev–Trinajstić information content (AvgIpc) is 2.78. The van der Waals surface area contributed by atoms with Crippen molar-refractivity contribution in [1.29, 1.82) is 0 Å². The van der Waals surface area contributed by atoms with Gasteiger partial charge in [-0.25, -0.2) is 0 Å². The zero-order valence-corrected chi connectivity index (χ0v) is 11.4. The van der Waals surface area contributed by atoms with Gasteiger partial charge in [0.25, 0.3) is 5.76 Å². The molecule has 1 aromatic rings. The highest BCUT2D eigenvalue weighted by Gasteiger charge is 2.25. The van der Waals surface area contributed by atoms with Crippen LogP contribution < -0.4 is 5.32 Å². The van der Waals surface area contributed by atoms with Crippen molar-refractivity contribution in [3.8, 4) is 0 Å². The summed E-state index contributed by atoms with van der Waals surface area (Å²) in [6.07, 6.45) is 5.01. The Morgan fingerprint density at radius 2 is 2.00 bits per heavy atom. The Hall–Kier alpha value is -0.770. The van der Waals surface area contributed by atoms with Gasteiger partial charge >= 0.3 is 0 Å². The molecule has 2 atom stereocenters. The molecule has 1 N–H and O–H groups in total. The van der Waals surface area contributed by atoms with Crippen LogP contribution in [0.3, 0.4) is 0 Å². The molecule has 0 saturated heterocycles. The average molecular weight is 271 g/mol. The summed E-state index contributed by atoms with van der Waals surface area (Å²) in [5, 5.41) is 3.53. The molecule has 0 aromatic heterocycles. The summed E-state index contributed by atoms with van der Waals surface area (Å²) >= 11 is 0.594. The molecular formula is C14H19F2NS. The van der Waals surface area contributed by atoms with Crippen LogP contribution in [0, 0.1) is 5.92 Å². The monoisotopic (exact) mass is 271 g/mol. The van der Waals surface area contributed by atoms with E-state index in [4.69, 9.17) is 0 Å². The molecule has 1 aliphatic carbocycles. The highest BCUT2D eigenvalue weighted by molar-refractivity contribution is 7.99. The topological polar surface area (TPSA) is 12.0 Å². The lowest BCUT2D eigenvalue weighted by Crippen LogP contribution is -2.23. The third kappa shape index (κ3) is 3.61.